The number of unbranched alkanes of at least 4 members (excludes halogenated alkanes) is 41. The van der Waals surface area contributed by atoms with E-state index in [9.17, 15) is 43.2 Å². The Kier molecular flexibility index (Phi) is 63.7. The summed E-state index contributed by atoms with van der Waals surface area (Å²) in [5, 5.41) is 10.6. The average Bonchev–Trinajstić information content (AvgIpc) is 3.65. The molecule has 0 saturated heterocycles. The first-order chi connectivity index (χ1) is 44.4. The molecule has 3 N–H and O–H groups in total. The van der Waals surface area contributed by atoms with Crippen molar-refractivity contribution in [2.24, 2.45) is 11.8 Å². The molecule has 0 spiro atoms. The maximum atomic E-state index is 13.1. The van der Waals surface area contributed by atoms with Gasteiger partial charge in [0.15, 0.2) is 12.2 Å². The zero-order valence-electron chi connectivity index (χ0n) is 59.9. The fraction of sp³-hybridized carbons (Fsp3) is 0.945. The monoisotopic (exact) mass is 1350 g/mol. The van der Waals surface area contributed by atoms with E-state index in [1.165, 1.54) is 193 Å². The zero-order chi connectivity index (χ0) is 67.9. The zero-order valence-corrected chi connectivity index (χ0v) is 61.6. The molecule has 0 aromatic rings. The second-order valence-corrected chi connectivity index (χ2v) is 30.0. The van der Waals surface area contributed by atoms with E-state index < -0.39 is 97.5 Å². The first kappa shape index (κ1) is 90.1. The topological polar surface area (TPSA) is 237 Å². The highest BCUT2D eigenvalue weighted by molar-refractivity contribution is 7.47. The van der Waals surface area contributed by atoms with Crippen molar-refractivity contribution in [3.05, 3.63) is 0 Å². The van der Waals surface area contributed by atoms with Crippen LogP contribution in [0, 0.1) is 11.8 Å². The minimum absolute atomic E-state index is 0.107. The summed E-state index contributed by atoms with van der Waals surface area (Å²) in [5.41, 5.74) is 0. The smallest absolute Gasteiger partial charge is 0.462 e. The summed E-state index contributed by atoms with van der Waals surface area (Å²) < 4.78 is 68.4. The number of carbonyl (C=O) groups is 4. The van der Waals surface area contributed by atoms with Gasteiger partial charge in [-0.2, -0.15) is 0 Å². The van der Waals surface area contributed by atoms with E-state index >= 15 is 0 Å². The molecule has 0 rings (SSSR count). The maximum Gasteiger partial charge on any atom is 0.472 e. The molecule has 0 saturated carbocycles. The van der Waals surface area contributed by atoms with Crippen LogP contribution < -0.4 is 0 Å². The van der Waals surface area contributed by atoms with Gasteiger partial charge in [0.25, 0.3) is 0 Å². The molecule has 0 radical (unpaired) electrons. The quantitative estimate of drug-likeness (QED) is 0.0222. The standard InChI is InChI=1S/C73H142O17P2/c1-7-10-12-14-16-18-19-25-33-39-45-51-57-72(77)89-68(61-83-70(75)55-49-43-37-29-17-15-13-11-8-2)63-87-91(79,80)85-59-67(74)60-86-92(81,82)88-64-69(62-84-71(76)56-50-44-38-32-28-27-30-35-41-47-53-65(4)5)90-73(78)58-52-46-40-34-26-23-21-20-22-24-31-36-42-48-54-66(6)9-3/h65-69,74H,7-64H2,1-6H3,(H,79,80)(H,81,82)/t66?,67-,68+,69+/m0/s1. The van der Waals surface area contributed by atoms with Crippen molar-refractivity contribution in [3.8, 4) is 0 Å². The van der Waals surface area contributed by atoms with Gasteiger partial charge in [-0.3, -0.25) is 37.3 Å². The number of ether oxygens (including phenoxy) is 4. The first-order valence-electron chi connectivity index (χ1n) is 38.0. The van der Waals surface area contributed by atoms with Gasteiger partial charge in [-0.15, -0.1) is 0 Å². The Labute approximate surface area is 562 Å². The minimum Gasteiger partial charge on any atom is -0.462 e. The fourth-order valence-corrected chi connectivity index (χ4v) is 12.7. The van der Waals surface area contributed by atoms with Crippen LogP contribution in [0.25, 0.3) is 0 Å². The van der Waals surface area contributed by atoms with E-state index in [1.54, 1.807) is 0 Å². The number of phosphoric ester groups is 2. The lowest BCUT2D eigenvalue weighted by Crippen LogP contribution is -2.30. The largest absolute Gasteiger partial charge is 0.472 e. The summed E-state index contributed by atoms with van der Waals surface area (Å²) in [7, 11) is -9.90. The molecule has 0 aliphatic carbocycles. The van der Waals surface area contributed by atoms with Crippen molar-refractivity contribution in [1.29, 1.82) is 0 Å². The van der Waals surface area contributed by atoms with Gasteiger partial charge >= 0.3 is 39.5 Å². The van der Waals surface area contributed by atoms with Crippen LogP contribution in [-0.2, 0) is 65.4 Å². The number of aliphatic hydroxyl groups is 1. The summed E-state index contributed by atoms with van der Waals surface area (Å²) in [5.74, 6) is -0.515. The number of rotatable bonds is 72. The number of carbonyl (C=O) groups excluding carboxylic acids is 4. The second kappa shape index (κ2) is 65.0. The Morgan fingerprint density at radius 1 is 0.315 bits per heavy atom. The van der Waals surface area contributed by atoms with Gasteiger partial charge in [-0.25, -0.2) is 9.13 Å². The van der Waals surface area contributed by atoms with Crippen molar-refractivity contribution in [3.63, 3.8) is 0 Å². The van der Waals surface area contributed by atoms with Crippen LogP contribution in [0.5, 0.6) is 0 Å². The van der Waals surface area contributed by atoms with Crippen LogP contribution in [0.1, 0.15) is 375 Å². The Morgan fingerprint density at radius 2 is 0.554 bits per heavy atom. The van der Waals surface area contributed by atoms with Gasteiger partial charge in [0.1, 0.15) is 19.3 Å². The van der Waals surface area contributed by atoms with Gasteiger partial charge in [0.2, 0.25) is 0 Å². The van der Waals surface area contributed by atoms with Crippen molar-refractivity contribution < 1.29 is 80.2 Å². The molecule has 0 bridgehead atoms. The summed E-state index contributed by atoms with van der Waals surface area (Å²) in [6.07, 6.45) is 51.2. The molecule has 92 heavy (non-hydrogen) atoms. The van der Waals surface area contributed by atoms with Crippen molar-refractivity contribution in [2.75, 3.05) is 39.6 Å². The Balaban J connectivity index is 5.23. The molecule has 6 atom stereocenters. The first-order valence-corrected chi connectivity index (χ1v) is 41.0. The van der Waals surface area contributed by atoms with Crippen LogP contribution in [0.15, 0.2) is 0 Å². The molecule has 0 aromatic carbocycles. The third-order valence-corrected chi connectivity index (χ3v) is 19.2. The summed E-state index contributed by atoms with van der Waals surface area (Å²) in [6.45, 7) is 9.61. The van der Waals surface area contributed by atoms with Gasteiger partial charge in [0, 0.05) is 25.7 Å². The van der Waals surface area contributed by atoms with Gasteiger partial charge in [0.05, 0.1) is 26.4 Å². The van der Waals surface area contributed by atoms with Crippen LogP contribution in [-0.4, -0.2) is 96.7 Å². The molecular weight excluding hydrogens is 1210 g/mol. The third kappa shape index (κ3) is 65.4. The van der Waals surface area contributed by atoms with E-state index in [0.717, 1.165) is 102 Å². The third-order valence-electron chi connectivity index (χ3n) is 17.3. The SMILES string of the molecule is CCCCCCCCCCCCCCC(=O)O[C@H](COC(=O)CCCCCCCCCCC)COP(=O)(O)OC[C@H](O)COP(=O)(O)OC[C@@H](COC(=O)CCCCCCCCCCCCC(C)C)OC(=O)CCCCCCCCCCCCCCCCC(C)CC. The lowest BCUT2D eigenvalue weighted by molar-refractivity contribution is -0.161. The summed E-state index contributed by atoms with van der Waals surface area (Å²) >= 11 is 0. The Hall–Kier alpha value is -1.94. The molecule has 0 amide bonds. The molecular formula is C73H142O17P2. The number of hydrogen-bond acceptors (Lipinski definition) is 15. The highest BCUT2D eigenvalue weighted by Crippen LogP contribution is 2.45. The Morgan fingerprint density at radius 3 is 0.826 bits per heavy atom. The van der Waals surface area contributed by atoms with Gasteiger partial charge in [-0.1, -0.05) is 324 Å². The van der Waals surface area contributed by atoms with E-state index in [-0.39, 0.29) is 25.7 Å². The van der Waals surface area contributed by atoms with E-state index in [2.05, 4.69) is 41.5 Å². The van der Waals surface area contributed by atoms with Gasteiger partial charge < -0.3 is 33.8 Å². The predicted octanol–water partition coefficient (Wildman–Crippen LogP) is 21.2. The van der Waals surface area contributed by atoms with Gasteiger partial charge in [-0.05, 0) is 37.5 Å². The van der Waals surface area contributed by atoms with Crippen LogP contribution in [0.4, 0.5) is 0 Å². The molecule has 0 heterocycles. The lowest BCUT2D eigenvalue weighted by Gasteiger charge is -2.21. The van der Waals surface area contributed by atoms with Crippen LogP contribution in [0.2, 0.25) is 0 Å². The predicted molar refractivity (Wildman–Crippen MR) is 372 cm³/mol. The Bertz CT molecular complexity index is 1790. The molecule has 0 fully saturated rings. The lowest BCUT2D eigenvalue weighted by atomic mass is 9.99. The number of aliphatic hydroxyl groups excluding tert-OH is 1. The normalized spacial score (nSPS) is 14.4. The van der Waals surface area contributed by atoms with E-state index in [4.69, 9.17) is 37.0 Å². The van der Waals surface area contributed by atoms with Crippen molar-refractivity contribution in [1.82, 2.24) is 0 Å². The molecule has 0 aromatic heterocycles. The van der Waals surface area contributed by atoms with Crippen LogP contribution in [0.3, 0.4) is 0 Å². The van der Waals surface area contributed by atoms with E-state index in [0.29, 0.717) is 25.7 Å². The fourth-order valence-electron chi connectivity index (χ4n) is 11.1. The molecule has 546 valence electrons. The molecule has 0 aliphatic heterocycles. The molecule has 0 aliphatic rings. The van der Waals surface area contributed by atoms with Crippen LogP contribution >= 0.6 is 15.6 Å². The number of esters is 4. The molecule has 3 unspecified atom stereocenters. The highest BCUT2D eigenvalue weighted by atomic mass is 31.2. The maximum absolute atomic E-state index is 13.1. The van der Waals surface area contributed by atoms with Crippen molar-refractivity contribution >= 4 is 39.5 Å². The summed E-state index contributed by atoms with van der Waals surface area (Å²) in [4.78, 5) is 72.6. The number of phosphoric acid groups is 2. The number of hydrogen-bond donors (Lipinski definition) is 3. The van der Waals surface area contributed by atoms with E-state index in [1.807, 2.05) is 0 Å². The minimum atomic E-state index is -4.95. The average molecular weight is 1350 g/mol. The van der Waals surface area contributed by atoms with Crippen molar-refractivity contribution in [2.45, 2.75) is 394 Å². The highest BCUT2D eigenvalue weighted by Gasteiger charge is 2.30. The second-order valence-electron chi connectivity index (χ2n) is 27.1. The molecule has 19 heteroatoms. The summed E-state index contributed by atoms with van der Waals surface area (Å²) in [6, 6.07) is 0. The molecule has 17 nitrogen and oxygen atoms in total.